The Kier molecular flexibility index (Phi) is 8.56. The molecule has 2 amide bonds. The Morgan fingerprint density at radius 2 is 1.65 bits per heavy atom. The zero-order valence-corrected chi connectivity index (χ0v) is 26.0. The molecule has 0 bridgehead atoms. The summed E-state index contributed by atoms with van der Waals surface area (Å²) in [5.74, 6) is 1.14. The second kappa shape index (κ2) is 12.7. The predicted molar refractivity (Wildman–Crippen MR) is 169 cm³/mol. The quantitative estimate of drug-likeness (QED) is 0.179. The largest absolute Gasteiger partial charge is 0.493 e. The number of hydrogen-bond donors (Lipinski definition) is 4. The highest BCUT2D eigenvalue weighted by atomic mass is 16.5. The normalized spacial score (nSPS) is 16.1. The number of benzene rings is 2. The van der Waals surface area contributed by atoms with Gasteiger partial charge in [0.2, 0.25) is 11.5 Å². The van der Waals surface area contributed by atoms with Crippen LogP contribution < -0.4 is 29.8 Å². The summed E-state index contributed by atoms with van der Waals surface area (Å²) in [6.45, 7) is 1.59. The molecule has 4 N–H and O–H groups in total. The molecule has 0 saturated carbocycles. The van der Waals surface area contributed by atoms with Crippen LogP contribution in [-0.4, -0.2) is 108 Å². The zero-order chi connectivity index (χ0) is 32.5. The van der Waals surface area contributed by atoms with Gasteiger partial charge in [-0.3, -0.25) is 19.3 Å². The Balaban J connectivity index is 1.18. The van der Waals surface area contributed by atoms with Crippen LogP contribution in [0.2, 0.25) is 0 Å². The number of imidazole rings is 1. The number of piperidine rings is 1. The van der Waals surface area contributed by atoms with Crippen LogP contribution in [-0.2, 0) is 0 Å². The topological polar surface area (TPSA) is 171 Å². The molecule has 4 heterocycles. The van der Waals surface area contributed by atoms with Crippen molar-refractivity contribution in [2.24, 2.45) is 0 Å². The molecule has 1 atom stereocenters. The van der Waals surface area contributed by atoms with Crippen LogP contribution in [0.1, 0.15) is 33.6 Å². The van der Waals surface area contributed by atoms with Gasteiger partial charge in [0.25, 0.3) is 17.4 Å². The molecule has 2 aliphatic heterocycles. The minimum absolute atomic E-state index is 0.0381. The van der Waals surface area contributed by atoms with Gasteiger partial charge in [-0.1, -0.05) is 0 Å². The number of amides is 2. The number of carbonyl (C=O) groups is 2. The van der Waals surface area contributed by atoms with Crippen molar-refractivity contribution in [2.75, 3.05) is 59.9 Å². The van der Waals surface area contributed by atoms with E-state index < -0.39 is 11.7 Å². The highest BCUT2D eigenvalue weighted by molar-refractivity contribution is 6.23. The number of aromatic amines is 2. The molecule has 4 aromatic rings. The number of imide groups is 1. The van der Waals surface area contributed by atoms with Crippen molar-refractivity contribution in [1.29, 1.82) is 0 Å². The SMILES string of the molecule is COc1ccc(OC[C@H](O)CNc2cc[nH]c(=O)c2-c2nc3cc4c(cc3[nH]2)C(=O)N(C2CCN(C)CC2)C4=O)c(OC)c1OC. The molecule has 1 fully saturated rings. The van der Waals surface area contributed by atoms with Crippen LogP contribution in [0, 0.1) is 0 Å². The smallest absolute Gasteiger partial charge is 0.261 e. The van der Waals surface area contributed by atoms with Crippen LogP contribution in [0.3, 0.4) is 0 Å². The number of pyridine rings is 1. The number of aliphatic hydroxyl groups is 1. The molecule has 0 unspecified atom stereocenters. The van der Waals surface area contributed by atoms with E-state index in [1.807, 2.05) is 7.05 Å². The molecular weight excluding hydrogens is 596 g/mol. The first-order valence-electron chi connectivity index (χ1n) is 14.9. The Bertz CT molecular complexity index is 1790. The molecule has 242 valence electrons. The minimum Gasteiger partial charge on any atom is -0.493 e. The lowest BCUT2D eigenvalue weighted by atomic mass is 10.0. The van der Waals surface area contributed by atoms with Gasteiger partial charge in [-0.05, 0) is 63.3 Å². The predicted octanol–water partition coefficient (Wildman–Crippen LogP) is 2.49. The Labute approximate surface area is 264 Å². The van der Waals surface area contributed by atoms with E-state index >= 15 is 0 Å². The van der Waals surface area contributed by atoms with Crippen LogP contribution in [0.4, 0.5) is 5.69 Å². The standard InChI is InChI=1S/C32H36N6O8/c1-37-11-8-17(9-12-37)38-31(41)19-13-22-23(14-20(19)32(38)42)36-29(35-22)26-21(7-10-33-30(26)40)34-15-18(39)16-46-25-6-5-24(43-2)27(44-3)28(25)45-4/h5-7,10,13-14,17-18,39H,8-9,11-12,15-16H2,1-4H3,(H,35,36)(H2,33,34,40)/t18-/m1/s1. The van der Waals surface area contributed by atoms with Crippen LogP contribution in [0.5, 0.6) is 23.0 Å². The van der Waals surface area contributed by atoms with Gasteiger partial charge in [-0.2, -0.15) is 0 Å². The number of aliphatic hydroxyl groups excluding tert-OH is 1. The molecule has 2 aromatic heterocycles. The summed E-state index contributed by atoms with van der Waals surface area (Å²) in [5, 5.41) is 13.8. The number of nitrogens with one attached hydrogen (secondary N) is 3. The Morgan fingerprint density at radius 1 is 0.978 bits per heavy atom. The van der Waals surface area contributed by atoms with Crippen molar-refractivity contribution in [3.05, 3.63) is 58.0 Å². The second-order valence-corrected chi connectivity index (χ2v) is 11.3. The molecule has 0 spiro atoms. The molecule has 2 aromatic carbocycles. The van der Waals surface area contributed by atoms with E-state index in [-0.39, 0.29) is 42.4 Å². The third-order valence-electron chi connectivity index (χ3n) is 8.40. The van der Waals surface area contributed by atoms with Crippen LogP contribution >= 0.6 is 0 Å². The number of carbonyl (C=O) groups excluding carboxylic acids is 2. The summed E-state index contributed by atoms with van der Waals surface area (Å²) in [5.41, 5.74) is 1.80. The van der Waals surface area contributed by atoms with E-state index in [9.17, 15) is 19.5 Å². The average molecular weight is 633 g/mol. The van der Waals surface area contributed by atoms with Gasteiger partial charge in [-0.25, -0.2) is 4.98 Å². The van der Waals surface area contributed by atoms with Crippen LogP contribution in [0.25, 0.3) is 22.4 Å². The summed E-state index contributed by atoms with van der Waals surface area (Å²) in [7, 11) is 6.50. The number of aromatic nitrogens is 3. The maximum Gasteiger partial charge on any atom is 0.261 e. The fourth-order valence-corrected chi connectivity index (χ4v) is 5.99. The number of methoxy groups -OCH3 is 3. The lowest BCUT2D eigenvalue weighted by Crippen LogP contribution is -2.46. The van der Waals surface area contributed by atoms with Crippen molar-refractivity contribution in [3.63, 3.8) is 0 Å². The minimum atomic E-state index is -0.979. The molecule has 6 rings (SSSR count). The lowest BCUT2D eigenvalue weighted by molar-refractivity contribution is 0.0516. The van der Waals surface area contributed by atoms with Crippen molar-refractivity contribution in [3.8, 4) is 34.4 Å². The van der Waals surface area contributed by atoms with Gasteiger partial charge in [0, 0.05) is 18.8 Å². The van der Waals surface area contributed by atoms with E-state index in [1.165, 1.54) is 32.4 Å². The van der Waals surface area contributed by atoms with E-state index in [2.05, 4.69) is 25.2 Å². The highest BCUT2D eigenvalue weighted by Gasteiger charge is 2.41. The van der Waals surface area contributed by atoms with Gasteiger partial charge < -0.3 is 44.2 Å². The van der Waals surface area contributed by atoms with Crippen molar-refractivity contribution >= 4 is 28.5 Å². The molecule has 46 heavy (non-hydrogen) atoms. The number of hydrogen-bond acceptors (Lipinski definition) is 11. The number of likely N-dealkylation sites (tertiary alicyclic amines) is 1. The number of rotatable bonds is 11. The maximum atomic E-state index is 13.3. The summed E-state index contributed by atoms with van der Waals surface area (Å²) >= 11 is 0. The lowest BCUT2D eigenvalue weighted by Gasteiger charge is -2.33. The number of fused-ring (bicyclic) bond motifs is 2. The van der Waals surface area contributed by atoms with Crippen molar-refractivity contribution in [1.82, 2.24) is 24.8 Å². The second-order valence-electron chi connectivity index (χ2n) is 11.3. The van der Waals surface area contributed by atoms with Crippen molar-refractivity contribution in [2.45, 2.75) is 25.0 Å². The third kappa shape index (κ3) is 5.61. The maximum absolute atomic E-state index is 13.3. The number of H-pyrrole nitrogens is 2. The molecule has 2 aliphatic rings. The fourth-order valence-electron chi connectivity index (χ4n) is 5.99. The van der Waals surface area contributed by atoms with Gasteiger partial charge in [0.1, 0.15) is 24.1 Å². The molecular formula is C32H36N6O8. The van der Waals surface area contributed by atoms with E-state index in [0.29, 0.717) is 50.8 Å². The molecule has 1 saturated heterocycles. The van der Waals surface area contributed by atoms with Gasteiger partial charge in [-0.15, -0.1) is 0 Å². The molecule has 14 heteroatoms. The van der Waals surface area contributed by atoms with E-state index in [0.717, 1.165) is 25.9 Å². The first-order chi connectivity index (χ1) is 22.2. The number of anilines is 1. The number of ether oxygens (including phenoxy) is 4. The van der Waals surface area contributed by atoms with Gasteiger partial charge >= 0.3 is 0 Å². The summed E-state index contributed by atoms with van der Waals surface area (Å²) in [4.78, 5) is 53.7. The Hall–Kier alpha value is -5.08. The van der Waals surface area contributed by atoms with Gasteiger partial charge in [0.05, 0.1) is 49.2 Å². The zero-order valence-electron chi connectivity index (χ0n) is 26.0. The highest BCUT2D eigenvalue weighted by Crippen LogP contribution is 2.44. The summed E-state index contributed by atoms with van der Waals surface area (Å²) in [6, 6.07) is 8.08. The molecule has 0 radical (unpaired) electrons. The summed E-state index contributed by atoms with van der Waals surface area (Å²) in [6.07, 6.45) is 1.98. The van der Waals surface area contributed by atoms with E-state index in [4.69, 9.17) is 18.9 Å². The monoisotopic (exact) mass is 632 g/mol. The molecule has 14 nitrogen and oxygen atoms in total. The fraction of sp³-hybridized carbons (Fsp3) is 0.375. The number of nitrogens with zero attached hydrogens (tertiary/aromatic N) is 3. The van der Waals surface area contributed by atoms with Gasteiger partial charge in [0.15, 0.2) is 11.5 Å². The average Bonchev–Trinajstić information content (AvgIpc) is 3.58. The Morgan fingerprint density at radius 3 is 2.35 bits per heavy atom. The third-order valence-corrected chi connectivity index (χ3v) is 8.40. The first kappa shape index (κ1) is 30.9. The van der Waals surface area contributed by atoms with E-state index in [1.54, 1.807) is 30.3 Å². The first-order valence-corrected chi connectivity index (χ1v) is 14.9. The molecule has 0 aliphatic carbocycles. The van der Waals surface area contributed by atoms with Crippen LogP contribution in [0.15, 0.2) is 41.3 Å². The van der Waals surface area contributed by atoms with Crippen molar-refractivity contribution < 1.29 is 33.6 Å². The summed E-state index contributed by atoms with van der Waals surface area (Å²) < 4.78 is 21.9.